The number of allylic oxidation sites excluding steroid dienone is 4. The van der Waals surface area contributed by atoms with Crippen molar-refractivity contribution in [2.45, 2.75) is 12.8 Å². The van der Waals surface area contributed by atoms with Crippen molar-refractivity contribution < 1.29 is 14.6 Å². The first-order valence-corrected chi connectivity index (χ1v) is 11.1. The first-order chi connectivity index (χ1) is 16.6. The predicted octanol–water partition coefficient (Wildman–Crippen LogP) is 6.67. The molecule has 168 valence electrons. The maximum Gasteiger partial charge on any atom is 0.346 e. The number of para-hydroxylation sites is 1. The van der Waals surface area contributed by atoms with E-state index in [4.69, 9.17) is 15.1 Å². The smallest absolute Gasteiger partial charge is 0.346 e. The van der Waals surface area contributed by atoms with E-state index in [1.807, 2.05) is 54.6 Å². The number of anilines is 2. The highest BCUT2D eigenvalue weighted by atomic mass is 16.5. The van der Waals surface area contributed by atoms with Crippen LogP contribution in [0.15, 0.2) is 103 Å². The molecule has 1 heterocycles. The van der Waals surface area contributed by atoms with Crippen molar-refractivity contribution in [1.29, 1.82) is 5.26 Å². The lowest BCUT2D eigenvalue weighted by Crippen LogP contribution is -2.24. The fourth-order valence-electron chi connectivity index (χ4n) is 3.85. The molecule has 0 spiro atoms. The maximum atomic E-state index is 10.8. The van der Waals surface area contributed by atoms with Crippen molar-refractivity contribution in [3.05, 3.63) is 114 Å². The molecule has 5 heteroatoms. The summed E-state index contributed by atoms with van der Waals surface area (Å²) in [7, 11) is 0. The molecule has 1 aliphatic rings. The van der Waals surface area contributed by atoms with Crippen molar-refractivity contribution >= 4 is 23.4 Å². The number of nitriles is 1. The van der Waals surface area contributed by atoms with Crippen LogP contribution in [0.5, 0.6) is 11.5 Å². The van der Waals surface area contributed by atoms with E-state index in [0.717, 1.165) is 42.1 Å². The van der Waals surface area contributed by atoms with E-state index in [1.165, 1.54) is 17.3 Å². The third kappa shape index (κ3) is 5.62. The van der Waals surface area contributed by atoms with Crippen LogP contribution >= 0.6 is 0 Å². The van der Waals surface area contributed by atoms with Crippen molar-refractivity contribution in [3.63, 3.8) is 0 Å². The van der Waals surface area contributed by atoms with Crippen LogP contribution in [-0.4, -0.2) is 17.6 Å². The summed E-state index contributed by atoms with van der Waals surface area (Å²) < 4.78 is 5.91. The molecule has 0 amide bonds. The number of nitrogens with zero attached hydrogens (tertiary/aromatic N) is 2. The van der Waals surface area contributed by atoms with Gasteiger partial charge in [-0.15, -0.1) is 0 Å². The van der Waals surface area contributed by atoms with Gasteiger partial charge < -0.3 is 14.7 Å². The number of rotatable bonds is 7. The molecule has 0 aromatic heterocycles. The number of ether oxygens (including phenoxy) is 1. The summed E-state index contributed by atoms with van der Waals surface area (Å²) in [6.07, 6.45) is 10.4. The quantitative estimate of drug-likeness (QED) is 0.248. The number of aliphatic carboxylic acids is 1. The molecule has 0 unspecified atom stereocenters. The first-order valence-electron chi connectivity index (χ1n) is 11.1. The SMILES string of the molecule is N#CC(=CC=CC=Cc1ccc2c(c1)CCCN2c1ccc(Oc2ccccc2)cc1)C(=O)O. The van der Waals surface area contributed by atoms with Gasteiger partial charge in [0.05, 0.1) is 0 Å². The van der Waals surface area contributed by atoms with Crippen LogP contribution in [-0.2, 0) is 11.2 Å². The Morgan fingerprint density at radius 2 is 1.74 bits per heavy atom. The topological polar surface area (TPSA) is 73.6 Å². The average Bonchev–Trinajstić information content (AvgIpc) is 2.86. The number of carboxylic acids is 1. The summed E-state index contributed by atoms with van der Waals surface area (Å²) in [4.78, 5) is 13.2. The third-order valence-corrected chi connectivity index (χ3v) is 5.47. The highest BCUT2D eigenvalue weighted by Gasteiger charge is 2.18. The molecule has 0 saturated heterocycles. The Labute approximate surface area is 199 Å². The van der Waals surface area contributed by atoms with Gasteiger partial charge in [0.1, 0.15) is 23.1 Å². The molecular formula is C29H24N2O3. The number of hydrogen-bond donors (Lipinski definition) is 1. The van der Waals surface area contributed by atoms with Crippen molar-refractivity contribution in [1.82, 2.24) is 0 Å². The van der Waals surface area contributed by atoms with Gasteiger partial charge in [-0.25, -0.2) is 4.79 Å². The minimum absolute atomic E-state index is 0.293. The fourth-order valence-corrected chi connectivity index (χ4v) is 3.85. The monoisotopic (exact) mass is 448 g/mol. The highest BCUT2D eigenvalue weighted by Crippen LogP contribution is 2.35. The highest BCUT2D eigenvalue weighted by molar-refractivity contribution is 5.91. The molecule has 0 atom stereocenters. The summed E-state index contributed by atoms with van der Waals surface area (Å²) in [5.74, 6) is 0.395. The molecule has 0 saturated carbocycles. The van der Waals surface area contributed by atoms with Crippen LogP contribution in [0, 0.1) is 11.3 Å². The van der Waals surface area contributed by atoms with Crippen LogP contribution in [0.1, 0.15) is 17.5 Å². The number of benzene rings is 3. The zero-order valence-electron chi connectivity index (χ0n) is 18.6. The second-order valence-corrected chi connectivity index (χ2v) is 7.79. The lowest BCUT2D eigenvalue weighted by Gasteiger charge is -2.31. The molecule has 1 N–H and O–H groups in total. The normalized spacial score (nSPS) is 13.6. The molecule has 3 aromatic carbocycles. The Bertz CT molecular complexity index is 1280. The minimum atomic E-state index is -1.23. The summed E-state index contributed by atoms with van der Waals surface area (Å²) in [5, 5.41) is 17.6. The first kappa shape index (κ1) is 22.6. The second kappa shape index (κ2) is 10.8. The zero-order chi connectivity index (χ0) is 23.8. The minimum Gasteiger partial charge on any atom is -0.477 e. The van der Waals surface area contributed by atoms with Gasteiger partial charge in [0.15, 0.2) is 0 Å². The zero-order valence-corrected chi connectivity index (χ0v) is 18.6. The van der Waals surface area contributed by atoms with Gasteiger partial charge in [-0.2, -0.15) is 5.26 Å². The molecule has 0 radical (unpaired) electrons. The van der Waals surface area contributed by atoms with E-state index in [9.17, 15) is 4.79 Å². The molecule has 5 nitrogen and oxygen atoms in total. The van der Waals surface area contributed by atoms with Gasteiger partial charge in [-0.1, -0.05) is 48.6 Å². The largest absolute Gasteiger partial charge is 0.477 e. The molecule has 34 heavy (non-hydrogen) atoms. The van der Waals surface area contributed by atoms with E-state index in [2.05, 4.69) is 35.2 Å². The van der Waals surface area contributed by atoms with Gasteiger partial charge >= 0.3 is 5.97 Å². The third-order valence-electron chi connectivity index (χ3n) is 5.47. The van der Waals surface area contributed by atoms with E-state index in [-0.39, 0.29) is 5.57 Å². The van der Waals surface area contributed by atoms with Crippen molar-refractivity contribution in [3.8, 4) is 17.6 Å². The van der Waals surface area contributed by atoms with Gasteiger partial charge in [0.2, 0.25) is 0 Å². The van der Waals surface area contributed by atoms with Gasteiger partial charge in [0, 0.05) is 17.9 Å². The molecule has 1 aliphatic heterocycles. The Hall–Kier alpha value is -4.56. The summed E-state index contributed by atoms with van der Waals surface area (Å²) in [5.41, 5.74) is 4.40. The Balaban J connectivity index is 1.46. The number of carboxylic acid groups (broad SMARTS) is 1. The fraction of sp³-hybridized carbons (Fsp3) is 0.103. The lowest BCUT2D eigenvalue weighted by molar-refractivity contribution is -0.132. The maximum absolute atomic E-state index is 10.8. The molecule has 0 fully saturated rings. The number of aryl methyl sites for hydroxylation is 1. The molecule has 3 aromatic rings. The predicted molar refractivity (Wildman–Crippen MR) is 134 cm³/mol. The van der Waals surface area contributed by atoms with Crippen LogP contribution in [0.25, 0.3) is 6.08 Å². The lowest BCUT2D eigenvalue weighted by atomic mass is 9.98. The van der Waals surface area contributed by atoms with E-state index >= 15 is 0 Å². The second-order valence-electron chi connectivity index (χ2n) is 7.79. The number of fused-ring (bicyclic) bond motifs is 1. The Kier molecular flexibility index (Phi) is 7.22. The molecule has 0 aliphatic carbocycles. The Morgan fingerprint density at radius 1 is 0.971 bits per heavy atom. The van der Waals surface area contributed by atoms with Gasteiger partial charge in [-0.3, -0.25) is 0 Å². The van der Waals surface area contributed by atoms with Crippen molar-refractivity contribution in [2.75, 3.05) is 11.4 Å². The van der Waals surface area contributed by atoms with Crippen LogP contribution in [0.2, 0.25) is 0 Å². The molecular weight excluding hydrogens is 424 g/mol. The van der Waals surface area contributed by atoms with Gasteiger partial charge in [0.25, 0.3) is 0 Å². The van der Waals surface area contributed by atoms with Crippen LogP contribution in [0.3, 0.4) is 0 Å². The summed E-state index contributed by atoms with van der Waals surface area (Å²) in [6.45, 7) is 0.959. The van der Waals surface area contributed by atoms with E-state index < -0.39 is 5.97 Å². The van der Waals surface area contributed by atoms with Crippen molar-refractivity contribution in [2.24, 2.45) is 0 Å². The molecule has 4 rings (SSSR count). The molecule has 0 bridgehead atoms. The number of hydrogen-bond acceptors (Lipinski definition) is 4. The Morgan fingerprint density at radius 3 is 2.47 bits per heavy atom. The van der Waals surface area contributed by atoms with Crippen LogP contribution < -0.4 is 9.64 Å². The van der Waals surface area contributed by atoms with E-state index in [0.29, 0.717) is 0 Å². The van der Waals surface area contributed by atoms with E-state index in [1.54, 1.807) is 18.2 Å². The van der Waals surface area contributed by atoms with Crippen LogP contribution in [0.4, 0.5) is 11.4 Å². The summed E-state index contributed by atoms with van der Waals surface area (Å²) >= 11 is 0. The summed E-state index contributed by atoms with van der Waals surface area (Å²) in [6, 6.07) is 26.0. The average molecular weight is 449 g/mol. The standard InChI is InChI=1S/C29H24N2O3/c30-21-24(29(32)33)9-4-1-3-8-22-13-18-28-23(20-22)10-7-19-31(28)25-14-16-27(17-15-25)34-26-11-5-2-6-12-26/h1-6,8-9,11-18,20H,7,10,19H2,(H,32,33). The number of carbonyl (C=O) groups is 1. The van der Waals surface area contributed by atoms with Gasteiger partial charge in [-0.05, 0) is 78.6 Å².